The van der Waals surface area contributed by atoms with Gasteiger partial charge < -0.3 is 9.30 Å². The summed E-state index contributed by atoms with van der Waals surface area (Å²) < 4.78 is 31.9. The maximum atomic E-state index is 12.2. The van der Waals surface area contributed by atoms with Crippen LogP contribution in [0.3, 0.4) is 0 Å². The second-order valence-corrected chi connectivity index (χ2v) is 11.0. The fraction of sp³-hybridized carbons (Fsp3) is 0.684. The Kier molecular flexibility index (Phi) is 5.87. The van der Waals surface area contributed by atoms with Gasteiger partial charge in [-0.1, -0.05) is 0 Å². The molecule has 0 N–H and O–H groups in total. The number of ether oxygens (including phenoxy) is 1. The van der Waals surface area contributed by atoms with Gasteiger partial charge in [0.15, 0.2) is 0 Å². The number of aromatic nitrogens is 3. The van der Waals surface area contributed by atoms with Crippen LogP contribution in [0.1, 0.15) is 47.0 Å². The normalized spacial score (nSPS) is 20.0. The second-order valence-electron chi connectivity index (χ2n) is 7.91. The summed E-state index contributed by atoms with van der Waals surface area (Å²) in [5.74, 6) is 0. The van der Waals surface area contributed by atoms with Gasteiger partial charge in [-0.3, -0.25) is 4.90 Å². The number of hydrogen-bond donors (Lipinski definition) is 0. The van der Waals surface area contributed by atoms with Crippen LogP contribution in [0.15, 0.2) is 11.4 Å². The molecule has 1 atom stereocenters. The maximum Gasteiger partial charge on any atom is 0.227 e. The third-order valence-electron chi connectivity index (χ3n) is 5.37. The van der Waals surface area contributed by atoms with Gasteiger partial charge in [0.1, 0.15) is 5.01 Å². The molecule has 0 saturated carbocycles. The molecule has 1 unspecified atom stereocenters. The zero-order chi connectivity index (χ0) is 19.7. The van der Waals surface area contributed by atoms with E-state index in [-0.39, 0.29) is 11.3 Å². The van der Waals surface area contributed by atoms with Crippen molar-refractivity contribution in [2.24, 2.45) is 0 Å². The number of aryl methyl sites for hydroxylation is 2. The van der Waals surface area contributed by atoms with E-state index in [1.807, 2.05) is 23.0 Å². The standard InChI is InChI=1S/C19H28N4O3S2/c1-22(13-18-21-16-7-3-4-8-17(16)27-18)11-14-10-20-19(28(2,24)25)23(14)12-15-6-5-9-26-15/h10,15H,3-9,11-13H2,1-2H3. The molecule has 1 aliphatic heterocycles. The highest BCUT2D eigenvalue weighted by molar-refractivity contribution is 7.90. The van der Waals surface area contributed by atoms with Crippen LogP contribution in [-0.2, 0) is 47.1 Å². The van der Waals surface area contributed by atoms with Crippen molar-refractivity contribution in [1.29, 1.82) is 0 Å². The summed E-state index contributed by atoms with van der Waals surface area (Å²) >= 11 is 1.82. The zero-order valence-corrected chi connectivity index (χ0v) is 18.2. The topological polar surface area (TPSA) is 77.3 Å². The summed E-state index contributed by atoms with van der Waals surface area (Å²) in [4.78, 5) is 12.7. The molecule has 2 aliphatic rings. The summed E-state index contributed by atoms with van der Waals surface area (Å²) in [6.45, 7) is 2.67. The molecule has 28 heavy (non-hydrogen) atoms. The van der Waals surface area contributed by atoms with Gasteiger partial charge in [0.2, 0.25) is 15.0 Å². The predicted octanol–water partition coefficient (Wildman–Crippen LogP) is 2.43. The molecular weight excluding hydrogens is 396 g/mol. The lowest BCUT2D eigenvalue weighted by Crippen LogP contribution is -2.24. The number of imidazole rings is 1. The number of hydrogen-bond acceptors (Lipinski definition) is 7. The first kappa shape index (κ1) is 20.0. The molecule has 3 heterocycles. The van der Waals surface area contributed by atoms with Crippen molar-refractivity contribution in [1.82, 2.24) is 19.4 Å². The fourth-order valence-corrected chi connectivity index (χ4v) is 6.11. The number of thiazole rings is 1. The minimum Gasteiger partial charge on any atom is -0.376 e. The molecule has 7 nitrogen and oxygen atoms in total. The van der Waals surface area contributed by atoms with E-state index in [2.05, 4.69) is 9.88 Å². The molecule has 0 amide bonds. The Balaban J connectivity index is 1.49. The zero-order valence-electron chi connectivity index (χ0n) is 16.6. The molecule has 1 aliphatic carbocycles. The Labute approximate surface area is 170 Å². The van der Waals surface area contributed by atoms with Gasteiger partial charge in [-0.25, -0.2) is 18.4 Å². The number of sulfone groups is 1. The second kappa shape index (κ2) is 8.22. The largest absolute Gasteiger partial charge is 0.376 e. The Morgan fingerprint density at radius 3 is 2.82 bits per heavy atom. The first-order chi connectivity index (χ1) is 13.4. The molecule has 0 bridgehead atoms. The lowest BCUT2D eigenvalue weighted by atomic mass is 10.0. The lowest BCUT2D eigenvalue weighted by molar-refractivity contribution is 0.0934. The van der Waals surface area contributed by atoms with E-state index in [0.717, 1.165) is 49.5 Å². The molecule has 1 fully saturated rings. The van der Waals surface area contributed by atoms with Crippen LogP contribution in [0.4, 0.5) is 0 Å². The van der Waals surface area contributed by atoms with Crippen LogP contribution in [0.2, 0.25) is 0 Å². The Morgan fingerprint density at radius 2 is 2.11 bits per heavy atom. The van der Waals surface area contributed by atoms with Crippen molar-refractivity contribution in [3.05, 3.63) is 27.5 Å². The minimum atomic E-state index is -3.38. The van der Waals surface area contributed by atoms with Crippen LogP contribution >= 0.6 is 11.3 Å². The van der Waals surface area contributed by atoms with E-state index in [4.69, 9.17) is 9.72 Å². The van der Waals surface area contributed by atoms with Crippen molar-refractivity contribution in [3.8, 4) is 0 Å². The van der Waals surface area contributed by atoms with E-state index >= 15 is 0 Å². The highest BCUT2D eigenvalue weighted by Crippen LogP contribution is 2.27. The summed E-state index contributed by atoms with van der Waals surface area (Å²) in [5, 5.41) is 1.28. The third-order valence-corrected chi connectivity index (χ3v) is 7.50. The summed E-state index contributed by atoms with van der Waals surface area (Å²) in [6, 6.07) is 0. The number of nitrogens with zero attached hydrogens (tertiary/aromatic N) is 4. The smallest absolute Gasteiger partial charge is 0.227 e. The van der Waals surface area contributed by atoms with E-state index in [1.165, 1.54) is 29.7 Å². The van der Waals surface area contributed by atoms with Gasteiger partial charge in [0, 0.05) is 24.3 Å². The average Bonchev–Trinajstić information content (AvgIpc) is 3.34. The Bertz CT molecular complexity index is 906. The van der Waals surface area contributed by atoms with Crippen LogP contribution in [0.5, 0.6) is 0 Å². The van der Waals surface area contributed by atoms with Gasteiger partial charge in [-0.15, -0.1) is 11.3 Å². The highest BCUT2D eigenvalue weighted by Gasteiger charge is 2.24. The van der Waals surface area contributed by atoms with Gasteiger partial charge in [0.05, 0.1) is 36.8 Å². The summed E-state index contributed by atoms with van der Waals surface area (Å²) in [5.41, 5.74) is 2.18. The quantitative estimate of drug-likeness (QED) is 0.679. The first-order valence-corrected chi connectivity index (χ1v) is 12.6. The van der Waals surface area contributed by atoms with E-state index < -0.39 is 9.84 Å². The molecule has 2 aromatic rings. The predicted molar refractivity (Wildman–Crippen MR) is 108 cm³/mol. The lowest BCUT2D eigenvalue weighted by Gasteiger charge is -2.19. The van der Waals surface area contributed by atoms with Crippen LogP contribution in [0.25, 0.3) is 0 Å². The molecule has 154 valence electrons. The average molecular weight is 425 g/mol. The van der Waals surface area contributed by atoms with Crippen molar-refractivity contribution in [2.75, 3.05) is 19.9 Å². The molecule has 0 radical (unpaired) electrons. The summed E-state index contributed by atoms with van der Waals surface area (Å²) in [7, 11) is -1.34. The third kappa shape index (κ3) is 4.48. The first-order valence-electron chi connectivity index (χ1n) is 9.92. The van der Waals surface area contributed by atoms with E-state index in [1.54, 1.807) is 6.20 Å². The van der Waals surface area contributed by atoms with Crippen LogP contribution in [0, 0.1) is 0 Å². The summed E-state index contributed by atoms with van der Waals surface area (Å²) in [6.07, 6.45) is 9.71. The molecule has 0 spiro atoms. The van der Waals surface area contributed by atoms with Crippen molar-refractivity contribution in [2.45, 2.75) is 69.4 Å². The highest BCUT2D eigenvalue weighted by atomic mass is 32.2. The SMILES string of the molecule is CN(Cc1nc2c(s1)CCCC2)Cc1cnc(S(C)(=O)=O)n1CC1CCCO1. The van der Waals surface area contributed by atoms with E-state index in [0.29, 0.717) is 13.1 Å². The van der Waals surface area contributed by atoms with Crippen molar-refractivity contribution >= 4 is 21.2 Å². The molecule has 0 aromatic carbocycles. The van der Waals surface area contributed by atoms with Crippen LogP contribution in [-0.4, -0.2) is 53.9 Å². The van der Waals surface area contributed by atoms with Gasteiger partial charge >= 0.3 is 0 Å². The molecule has 1 saturated heterocycles. The monoisotopic (exact) mass is 424 g/mol. The maximum absolute atomic E-state index is 12.2. The fourth-order valence-electron chi connectivity index (χ4n) is 4.04. The Hall–Kier alpha value is -1.29. The molecule has 2 aromatic heterocycles. The van der Waals surface area contributed by atoms with Gasteiger partial charge in [-0.05, 0) is 45.6 Å². The van der Waals surface area contributed by atoms with Crippen LogP contribution < -0.4 is 0 Å². The molecule has 9 heteroatoms. The van der Waals surface area contributed by atoms with Crippen molar-refractivity contribution < 1.29 is 13.2 Å². The van der Waals surface area contributed by atoms with Gasteiger partial charge in [0.25, 0.3) is 0 Å². The molecular formula is C19H28N4O3S2. The Morgan fingerprint density at radius 1 is 1.29 bits per heavy atom. The molecule has 4 rings (SSSR count). The van der Waals surface area contributed by atoms with Gasteiger partial charge in [-0.2, -0.15) is 0 Å². The minimum absolute atomic E-state index is 0.0597. The van der Waals surface area contributed by atoms with Crippen molar-refractivity contribution in [3.63, 3.8) is 0 Å². The number of fused-ring (bicyclic) bond motifs is 1. The number of rotatable bonds is 7. The van der Waals surface area contributed by atoms with E-state index in [9.17, 15) is 8.42 Å².